The van der Waals surface area contributed by atoms with Crippen LogP contribution in [0, 0.1) is 0 Å². The lowest BCUT2D eigenvalue weighted by Crippen LogP contribution is -2.33. The first-order valence-electron chi connectivity index (χ1n) is 8.40. The molecule has 8 heteroatoms. The standard InChI is InChI=1S/C17H19N3O5/c21-15(18-11-2-3-11)6-4-12-16(22)20(17(23)19-12)8-10-1-5-13-14(7-10)25-9-24-13/h1,5,7,11-12H,2-4,6,8-9H2,(H,18,21)(H,19,23). The van der Waals surface area contributed by atoms with Crippen LogP contribution in [0.25, 0.3) is 0 Å². The predicted molar refractivity (Wildman–Crippen MR) is 85.8 cm³/mol. The third-order valence-corrected chi connectivity index (χ3v) is 4.49. The number of benzene rings is 1. The van der Waals surface area contributed by atoms with E-state index >= 15 is 0 Å². The molecule has 8 nitrogen and oxygen atoms in total. The van der Waals surface area contributed by atoms with E-state index in [1.165, 1.54) is 4.90 Å². The number of rotatable bonds is 6. The number of hydrogen-bond donors (Lipinski definition) is 2. The van der Waals surface area contributed by atoms with Crippen LogP contribution in [0.4, 0.5) is 4.79 Å². The fraction of sp³-hybridized carbons (Fsp3) is 0.471. The molecule has 2 aliphatic heterocycles. The number of imide groups is 1. The lowest BCUT2D eigenvalue weighted by atomic mass is 10.1. The van der Waals surface area contributed by atoms with E-state index in [2.05, 4.69) is 10.6 Å². The molecule has 0 bridgehead atoms. The molecule has 2 heterocycles. The van der Waals surface area contributed by atoms with Gasteiger partial charge in [0.05, 0.1) is 6.54 Å². The van der Waals surface area contributed by atoms with E-state index in [4.69, 9.17) is 9.47 Å². The topological polar surface area (TPSA) is 97.0 Å². The third kappa shape index (κ3) is 3.38. The Balaban J connectivity index is 1.35. The molecule has 0 aromatic heterocycles. The maximum atomic E-state index is 12.5. The summed E-state index contributed by atoms with van der Waals surface area (Å²) in [4.78, 5) is 37.5. The van der Waals surface area contributed by atoms with Crippen molar-refractivity contribution in [2.45, 2.75) is 44.3 Å². The van der Waals surface area contributed by atoms with Gasteiger partial charge in [-0.1, -0.05) is 6.07 Å². The van der Waals surface area contributed by atoms with Crippen LogP contribution in [0.1, 0.15) is 31.2 Å². The quantitative estimate of drug-likeness (QED) is 0.747. The van der Waals surface area contributed by atoms with E-state index < -0.39 is 12.1 Å². The highest BCUT2D eigenvalue weighted by atomic mass is 16.7. The van der Waals surface area contributed by atoms with Crippen LogP contribution in [0.2, 0.25) is 0 Å². The number of carbonyl (C=O) groups excluding carboxylic acids is 3. The van der Waals surface area contributed by atoms with E-state index in [9.17, 15) is 14.4 Å². The summed E-state index contributed by atoms with van der Waals surface area (Å²) in [6, 6.07) is 4.53. The Morgan fingerprint density at radius 1 is 1.24 bits per heavy atom. The average Bonchev–Trinajstić information content (AvgIpc) is 3.21. The molecule has 1 aliphatic carbocycles. The molecule has 2 N–H and O–H groups in total. The van der Waals surface area contributed by atoms with Gasteiger partial charge in [-0.2, -0.15) is 0 Å². The lowest BCUT2D eigenvalue weighted by Gasteiger charge is -2.13. The van der Waals surface area contributed by atoms with Crippen molar-refractivity contribution >= 4 is 17.8 Å². The fourth-order valence-electron chi connectivity index (χ4n) is 2.95. The van der Waals surface area contributed by atoms with Crippen molar-refractivity contribution in [3.05, 3.63) is 23.8 Å². The largest absolute Gasteiger partial charge is 0.454 e. The van der Waals surface area contributed by atoms with Crippen molar-refractivity contribution in [2.75, 3.05) is 6.79 Å². The number of fused-ring (bicyclic) bond motifs is 1. The van der Waals surface area contributed by atoms with Crippen LogP contribution >= 0.6 is 0 Å². The van der Waals surface area contributed by atoms with Crippen LogP contribution < -0.4 is 20.1 Å². The first kappa shape index (κ1) is 15.7. The van der Waals surface area contributed by atoms with Crippen LogP contribution in [-0.2, 0) is 16.1 Å². The van der Waals surface area contributed by atoms with Crippen molar-refractivity contribution in [1.29, 1.82) is 0 Å². The second-order valence-corrected chi connectivity index (χ2v) is 6.49. The molecule has 25 heavy (non-hydrogen) atoms. The van der Waals surface area contributed by atoms with Gasteiger partial charge in [-0.25, -0.2) is 4.79 Å². The second kappa shape index (κ2) is 6.27. The zero-order chi connectivity index (χ0) is 17.4. The Morgan fingerprint density at radius 2 is 2.04 bits per heavy atom. The van der Waals surface area contributed by atoms with Gasteiger partial charge in [0.15, 0.2) is 11.5 Å². The van der Waals surface area contributed by atoms with E-state index in [0.717, 1.165) is 18.4 Å². The summed E-state index contributed by atoms with van der Waals surface area (Å²) in [5.41, 5.74) is 0.778. The Morgan fingerprint density at radius 3 is 2.84 bits per heavy atom. The van der Waals surface area contributed by atoms with Crippen molar-refractivity contribution in [3.8, 4) is 11.5 Å². The van der Waals surface area contributed by atoms with Gasteiger partial charge in [-0.15, -0.1) is 0 Å². The molecule has 4 amide bonds. The highest BCUT2D eigenvalue weighted by Crippen LogP contribution is 2.33. The molecule has 1 atom stereocenters. The van der Waals surface area contributed by atoms with Crippen molar-refractivity contribution in [3.63, 3.8) is 0 Å². The molecule has 2 fully saturated rings. The van der Waals surface area contributed by atoms with Gasteiger partial charge in [-0.05, 0) is 37.0 Å². The molecular weight excluding hydrogens is 326 g/mol. The van der Waals surface area contributed by atoms with E-state index in [1.54, 1.807) is 18.2 Å². The van der Waals surface area contributed by atoms with Crippen molar-refractivity contribution in [1.82, 2.24) is 15.5 Å². The van der Waals surface area contributed by atoms with Crippen LogP contribution in [0.3, 0.4) is 0 Å². The molecule has 1 saturated heterocycles. The molecule has 3 aliphatic rings. The number of urea groups is 1. The van der Waals surface area contributed by atoms with E-state index in [-0.39, 0.29) is 31.6 Å². The molecule has 1 unspecified atom stereocenters. The molecular formula is C17H19N3O5. The van der Waals surface area contributed by atoms with Gasteiger partial charge in [0.2, 0.25) is 12.7 Å². The highest BCUT2D eigenvalue weighted by molar-refractivity contribution is 6.04. The predicted octanol–water partition coefficient (Wildman–Crippen LogP) is 0.894. The maximum Gasteiger partial charge on any atom is 0.325 e. The zero-order valence-electron chi connectivity index (χ0n) is 13.6. The molecule has 132 valence electrons. The molecule has 0 spiro atoms. The van der Waals surface area contributed by atoms with Crippen molar-refractivity contribution < 1.29 is 23.9 Å². The molecule has 4 rings (SSSR count). The minimum atomic E-state index is -0.647. The van der Waals surface area contributed by atoms with Gasteiger partial charge in [0, 0.05) is 12.5 Å². The third-order valence-electron chi connectivity index (χ3n) is 4.49. The minimum absolute atomic E-state index is 0.0706. The number of hydrogen-bond acceptors (Lipinski definition) is 5. The molecule has 1 aromatic rings. The summed E-state index contributed by atoms with van der Waals surface area (Å²) < 4.78 is 10.6. The van der Waals surface area contributed by atoms with Gasteiger partial charge in [-0.3, -0.25) is 14.5 Å². The van der Waals surface area contributed by atoms with Gasteiger partial charge in [0.25, 0.3) is 5.91 Å². The van der Waals surface area contributed by atoms with E-state index in [1.807, 2.05) is 0 Å². The normalized spacial score (nSPS) is 21.4. The first-order valence-corrected chi connectivity index (χ1v) is 8.40. The average molecular weight is 345 g/mol. The number of nitrogens with zero attached hydrogens (tertiary/aromatic N) is 1. The second-order valence-electron chi connectivity index (χ2n) is 6.49. The molecule has 1 aromatic carbocycles. The number of nitrogens with one attached hydrogen (secondary N) is 2. The molecule has 0 radical (unpaired) electrons. The summed E-state index contributed by atoms with van der Waals surface area (Å²) in [5.74, 6) is 0.888. The monoisotopic (exact) mass is 345 g/mol. The van der Waals surface area contributed by atoms with Gasteiger partial charge in [0.1, 0.15) is 6.04 Å². The van der Waals surface area contributed by atoms with Gasteiger partial charge >= 0.3 is 6.03 Å². The summed E-state index contributed by atoms with van der Waals surface area (Å²) in [6.07, 6.45) is 2.58. The SMILES string of the molecule is O=C(CCC1NC(=O)N(Cc2ccc3c(c2)OCO3)C1=O)NC1CC1. The number of carbonyl (C=O) groups is 3. The summed E-state index contributed by atoms with van der Waals surface area (Å²) >= 11 is 0. The maximum absolute atomic E-state index is 12.5. The first-order chi connectivity index (χ1) is 12.1. The summed E-state index contributed by atoms with van der Waals surface area (Å²) in [6.45, 7) is 0.332. The van der Waals surface area contributed by atoms with Crippen LogP contribution in [-0.4, -0.2) is 41.6 Å². The van der Waals surface area contributed by atoms with Crippen LogP contribution in [0.15, 0.2) is 18.2 Å². The Labute approximate surface area is 144 Å². The summed E-state index contributed by atoms with van der Waals surface area (Å²) in [5, 5.41) is 5.53. The Kier molecular flexibility index (Phi) is 3.95. The zero-order valence-corrected chi connectivity index (χ0v) is 13.6. The lowest BCUT2D eigenvalue weighted by molar-refractivity contribution is -0.128. The summed E-state index contributed by atoms with van der Waals surface area (Å²) in [7, 11) is 0. The van der Waals surface area contributed by atoms with E-state index in [0.29, 0.717) is 24.0 Å². The number of ether oxygens (including phenoxy) is 2. The Bertz CT molecular complexity index is 731. The van der Waals surface area contributed by atoms with Crippen LogP contribution in [0.5, 0.6) is 11.5 Å². The van der Waals surface area contributed by atoms with Gasteiger partial charge < -0.3 is 20.1 Å². The minimum Gasteiger partial charge on any atom is -0.454 e. The smallest absolute Gasteiger partial charge is 0.325 e. The number of amides is 4. The van der Waals surface area contributed by atoms with Crippen molar-refractivity contribution in [2.24, 2.45) is 0 Å². The highest BCUT2D eigenvalue weighted by Gasteiger charge is 2.38. The fourth-order valence-corrected chi connectivity index (χ4v) is 2.95. The Hall–Kier alpha value is -2.77. The molecule has 1 saturated carbocycles.